The molecule has 3 heteroatoms. The minimum Gasteiger partial charge on any atom is -0.367 e. The van der Waals surface area contributed by atoms with Gasteiger partial charge in [0.15, 0.2) is 0 Å². The van der Waals surface area contributed by atoms with Crippen molar-refractivity contribution in [3.8, 4) is 0 Å². The fourth-order valence-corrected chi connectivity index (χ4v) is 2.45. The van der Waals surface area contributed by atoms with Gasteiger partial charge in [-0.15, -0.1) is 0 Å². The average Bonchev–Trinajstić information content (AvgIpc) is 2.32. The Labute approximate surface area is 109 Å². The third-order valence-corrected chi connectivity index (χ3v) is 3.50. The SMILES string of the molecule is CC(C)Cc1ccc(F)c(N2CCN(C)CC2)c1. The molecule has 0 aliphatic carbocycles. The van der Waals surface area contributed by atoms with Crippen molar-refractivity contribution in [2.75, 3.05) is 38.1 Å². The summed E-state index contributed by atoms with van der Waals surface area (Å²) in [6, 6.07) is 5.56. The molecule has 0 aromatic heterocycles. The summed E-state index contributed by atoms with van der Waals surface area (Å²) >= 11 is 0. The molecule has 0 amide bonds. The molecule has 1 saturated heterocycles. The second-order valence-electron chi connectivity index (χ2n) is 5.67. The lowest BCUT2D eigenvalue weighted by Gasteiger charge is -2.34. The van der Waals surface area contributed by atoms with Gasteiger partial charge in [0.05, 0.1) is 5.69 Å². The first-order valence-electron chi connectivity index (χ1n) is 6.78. The molecule has 1 aliphatic rings. The van der Waals surface area contributed by atoms with Crippen molar-refractivity contribution in [3.05, 3.63) is 29.6 Å². The maximum absolute atomic E-state index is 13.9. The van der Waals surface area contributed by atoms with Crippen LogP contribution in [-0.2, 0) is 6.42 Å². The highest BCUT2D eigenvalue weighted by atomic mass is 19.1. The summed E-state index contributed by atoms with van der Waals surface area (Å²) in [5.41, 5.74) is 2.02. The van der Waals surface area contributed by atoms with Gasteiger partial charge in [0.25, 0.3) is 0 Å². The number of benzene rings is 1. The van der Waals surface area contributed by atoms with Gasteiger partial charge in [0, 0.05) is 26.2 Å². The summed E-state index contributed by atoms with van der Waals surface area (Å²) < 4.78 is 13.9. The highest BCUT2D eigenvalue weighted by Crippen LogP contribution is 2.23. The van der Waals surface area contributed by atoms with Gasteiger partial charge in [-0.1, -0.05) is 19.9 Å². The highest BCUT2D eigenvalue weighted by molar-refractivity contribution is 5.50. The van der Waals surface area contributed by atoms with E-state index in [1.54, 1.807) is 6.07 Å². The Morgan fingerprint density at radius 2 is 1.83 bits per heavy atom. The number of likely N-dealkylation sites (N-methyl/N-ethyl adjacent to an activating group) is 1. The number of rotatable bonds is 3. The summed E-state index contributed by atoms with van der Waals surface area (Å²) in [7, 11) is 2.11. The van der Waals surface area contributed by atoms with Crippen LogP contribution in [0, 0.1) is 11.7 Å². The Kier molecular flexibility index (Phi) is 4.23. The second-order valence-corrected chi connectivity index (χ2v) is 5.67. The van der Waals surface area contributed by atoms with Gasteiger partial charge in [-0.25, -0.2) is 4.39 Å². The number of hydrogen-bond acceptors (Lipinski definition) is 2. The molecule has 100 valence electrons. The van der Waals surface area contributed by atoms with Gasteiger partial charge in [-0.05, 0) is 37.1 Å². The zero-order valence-electron chi connectivity index (χ0n) is 11.6. The van der Waals surface area contributed by atoms with Crippen molar-refractivity contribution < 1.29 is 4.39 Å². The molecule has 0 bridgehead atoms. The van der Waals surface area contributed by atoms with E-state index in [0.717, 1.165) is 38.3 Å². The third-order valence-electron chi connectivity index (χ3n) is 3.50. The van der Waals surface area contributed by atoms with E-state index in [2.05, 4.69) is 30.7 Å². The molecule has 2 nitrogen and oxygen atoms in total. The van der Waals surface area contributed by atoms with Crippen molar-refractivity contribution in [3.63, 3.8) is 0 Å². The molecule has 1 aromatic rings. The Morgan fingerprint density at radius 1 is 1.17 bits per heavy atom. The minimum atomic E-state index is -0.0907. The Hall–Kier alpha value is -1.09. The van der Waals surface area contributed by atoms with Crippen molar-refractivity contribution in [1.82, 2.24) is 4.90 Å². The predicted octanol–water partition coefficient (Wildman–Crippen LogP) is 2.78. The largest absolute Gasteiger partial charge is 0.367 e. The average molecular weight is 250 g/mol. The molecule has 0 N–H and O–H groups in total. The fraction of sp³-hybridized carbons (Fsp3) is 0.600. The van der Waals surface area contributed by atoms with Crippen LogP contribution in [-0.4, -0.2) is 38.1 Å². The van der Waals surface area contributed by atoms with E-state index in [4.69, 9.17) is 0 Å². The number of halogens is 1. The van der Waals surface area contributed by atoms with Crippen LogP contribution in [0.25, 0.3) is 0 Å². The van der Waals surface area contributed by atoms with Gasteiger partial charge in [0.2, 0.25) is 0 Å². The first-order chi connectivity index (χ1) is 8.56. The van der Waals surface area contributed by atoms with E-state index in [9.17, 15) is 4.39 Å². The van der Waals surface area contributed by atoms with Crippen LogP contribution in [0.1, 0.15) is 19.4 Å². The smallest absolute Gasteiger partial charge is 0.146 e. The molecule has 2 rings (SSSR count). The van der Waals surface area contributed by atoms with Crippen LogP contribution in [0.4, 0.5) is 10.1 Å². The van der Waals surface area contributed by atoms with Gasteiger partial charge in [-0.3, -0.25) is 0 Å². The molecule has 1 aromatic carbocycles. The Bertz CT molecular complexity index is 395. The van der Waals surface area contributed by atoms with Crippen LogP contribution in [0.3, 0.4) is 0 Å². The number of nitrogens with zero attached hydrogens (tertiary/aromatic N) is 2. The minimum absolute atomic E-state index is 0.0907. The summed E-state index contributed by atoms with van der Waals surface area (Å²) in [6.45, 7) is 8.23. The highest BCUT2D eigenvalue weighted by Gasteiger charge is 2.17. The normalized spacial score (nSPS) is 17.5. The maximum atomic E-state index is 13.9. The Morgan fingerprint density at radius 3 is 2.44 bits per heavy atom. The van der Waals surface area contributed by atoms with Crippen LogP contribution in [0.15, 0.2) is 18.2 Å². The molecule has 0 spiro atoms. The molecule has 0 saturated carbocycles. The predicted molar refractivity (Wildman–Crippen MR) is 74.7 cm³/mol. The molecule has 1 fully saturated rings. The van der Waals surface area contributed by atoms with Crippen molar-refractivity contribution in [2.24, 2.45) is 5.92 Å². The molecule has 18 heavy (non-hydrogen) atoms. The zero-order chi connectivity index (χ0) is 13.1. The topological polar surface area (TPSA) is 6.48 Å². The van der Waals surface area contributed by atoms with E-state index in [1.807, 2.05) is 12.1 Å². The quantitative estimate of drug-likeness (QED) is 0.814. The molecular weight excluding hydrogens is 227 g/mol. The lowest BCUT2D eigenvalue weighted by molar-refractivity contribution is 0.311. The first kappa shape index (κ1) is 13.3. The van der Waals surface area contributed by atoms with Crippen LogP contribution >= 0.6 is 0 Å². The summed E-state index contributed by atoms with van der Waals surface area (Å²) in [4.78, 5) is 4.45. The second kappa shape index (κ2) is 5.70. The lowest BCUT2D eigenvalue weighted by atomic mass is 10.0. The van der Waals surface area contributed by atoms with Crippen LogP contribution in [0.2, 0.25) is 0 Å². The van der Waals surface area contributed by atoms with Crippen molar-refractivity contribution >= 4 is 5.69 Å². The maximum Gasteiger partial charge on any atom is 0.146 e. The molecule has 0 unspecified atom stereocenters. The number of hydrogen-bond donors (Lipinski definition) is 0. The zero-order valence-corrected chi connectivity index (χ0v) is 11.6. The van der Waals surface area contributed by atoms with Crippen LogP contribution in [0.5, 0.6) is 0 Å². The molecule has 0 atom stereocenters. The van der Waals surface area contributed by atoms with E-state index in [1.165, 1.54) is 5.56 Å². The van der Waals surface area contributed by atoms with E-state index in [0.29, 0.717) is 5.92 Å². The summed E-state index contributed by atoms with van der Waals surface area (Å²) in [6.07, 6.45) is 1.01. The van der Waals surface area contributed by atoms with E-state index in [-0.39, 0.29) is 5.82 Å². The van der Waals surface area contributed by atoms with Crippen LogP contribution < -0.4 is 4.90 Å². The molecule has 0 radical (unpaired) electrons. The molecular formula is C15H23FN2. The fourth-order valence-electron chi connectivity index (χ4n) is 2.45. The number of anilines is 1. The monoisotopic (exact) mass is 250 g/mol. The summed E-state index contributed by atoms with van der Waals surface area (Å²) in [5.74, 6) is 0.517. The van der Waals surface area contributed by atoms with Gasteiger partial charge in [0.1, 0.15) is 5.82 Å². The van der Waals surface area contributed by atoms with Crippen molar-refractivity contribution in [1.29, 1.82) is 0 Å². The first-order valence-corrected chi connectivity index (χ1v) is 6.78. The van der Waals surface area contributed by atoms with E-state index >= 15 is 0 Å². The van der Waals surface area contributed by atoms with E-state index < -0.39 is 0 Å². The van der Waals surface area contributed by atoms with Crippen molar-refractivity contribution in [2.45, 2.75) is 20.3 Å². The van der Waals surface area contributed by atoms with Gasteiger partial charge in [-0.2, -0.15) is 0 Å². The van der Waals surface area contributed by atoms with Gasteiger partial charge >= 0.3 is 0 Å². The number of piperazine rings is 1. The standard InChI is InChI=1S/C15H23FN2/c1-12(2)10-13-4-5-14(16)15(11-13)18-8-6-17(3)7-9-18/h4-5,11-12H,6-10H2,1-3H3. The lowest BCUT2D eigenvalue weighted by Crippen LogP contribution is -2.44. The summed E-state index contributed by atoms with van der Waals surface area (Å²) in [5, 5.41) is 0. The van der Waals surface area contributed by atoms with Gasteiger partial charge < -0.3 is 9.80 Å². The Balaban J connectivity index is 2.15. The third kappa shape index (κ3) is 3.22. The molecule has 1 heterocycles. The molecule has 1 aliphatic heterocycles.